The van der Waals surface area contributed by atoms with Crippen LogP contribution >= 0.6 is 10.0 Å². The van der Waals surface area contributed by atoms with Crippen LogP contribution in [-0.2, 0) is 11.5 Å². The Morgan fingerprint density at radius 3 is 2.93 bits per heavy atom. The lowest BCUT2D eigenvalue weighted by atomic mass is 10.0. The highest BCUT2D eigenvalue weighted by Crippen LogP contribution is 2.33. The minimum absolute atomic E-state index is 0.515. The van der Waals surface area contributed by atoms with Crippen molar-refractivity contribution in [1.29, 1.82) is 0 Å². The molecule has 1 atom stereocenters. The molecule has 148 valence electrons. The number of nitrogens with zero attached hydrogens (tertiary/aromatic N) is 4. The van der Waals surface area contributed by atoms with Gasteiger partial charge < -0.3 is 9.30 Å². The fraction of sp³-hybridized carbons (Fsp3) is 0.619. The zero-order valence-electron chi connectivity index (χ0n) is 17.1. The Bertz CT molecular complexity index is 815. The molecule has 1 unspecified atom stereocenters. The van der Waals surface area contributed by atoms with Crippen LogP contribution in [0.25, 0.3) is 11.2 Å². The lowest BCUT2D eigenvalue weighted by Gasteiger charge is -2.31. The summed E-state index contributed by atoms with van der Waals surface area (Å²) < 4.78 is 7.82. The standard InChI is InChI=1S/C21H32N4OS/c1-18-8-5-6-11-24(18)12-7-9-19-16-22-21-20(23-19)10-13-25(21)17-26-14-15-27(2,3)4/h10,13,16,18H,5-6,8,11-12,14-15,17H2,1-4H3. The first-order valence-electron chi connectivity index (χ1n) is 9.71. The van der Waals surface area contributed by atoms with Crippen molar-refractivity contribution in [3.8, 4) is 11.8 Å². The van der Waals surface area contributed by atoms with Crippen LogP contribution in [0.2, 0.25) is 0 Å². The van der Waals surface area contributed by atoms with Crippen LogP contribution in [0, 0.1) is 11.8 Å². The number of fused-ring (bicyclic) bond motifs is 1. The third kappa shape index (κ3) is 5.97. The second kappa shape index (κ2) is 9.09. The molecular weight excluding hydrogens is 356 g/mol. The average molecular weight is 389 g/mol. The lowest BCUT2D eigenvalue weighted by molar-refractivity contribution is 0.0923. The maximum atomic E-state index is 5.82. The van der Waals surface area contributed by atoms with Crippen molar-refractivity contribution in [3.63, 3.8) is 0 Å². The van der Waals surface area contributed by atoms with E-state index in [1.54, 1.807) is 6.20 Å². The van der Waals surface area contributed by atoms with Gasteiger partial charge in [0.1, 0.15) is 17.9 Å². The molecule has 27 heavy (non-hydrogen) atoms. The molecule has 1 saturated heterocycles. The molecule has 5 nitrogen and oxygen atoms in total. The van der Waals surface area contributed by atoms with Gasteiger partial charge in [0, 0.05) is 18.0 Å². The molecular formula is C21H32N4OS. The monoisotopic (exact) mass is 388 g/mol. The van der Waals surface area contributed by atoms with Crippen LogP contribution < -0.4 is 0 Å². The van der Waals surface area contributed by atoms with Crippen molar-refractivity contribution in [2.75, 3.05) is 44.2 Å². The van der Waals surface area contributed by atoms with Gasteiger partial charge in [0.25, 0.3) is 0 Å². The SMILES string of the molecule is CC1CCCCN1CC#Cc1cnc2c(ccn2COCCS(C)(C)C)n1. The summed E-state index contributed by atoms with van der Waals surface area (Å²) in [5.74, 6) is 7.57. The average Bonchev–Trinajstić information content (AvgIpc) is 3.02. The first-order chi connectivity index (χ1) is 12.9. The molecule has 0 spiro atoms. The fourth-order valence-electron chi connectivity index (χ4n) is 3.22. The third-order valence-electron chi connectivity index (χ3n) is 4.97. The summed E-state index contributed by atoms with van der Waals surface area (Å²) in [6.07, 6.45) is 14.6. The highest BCUT2D eigenvalue weighted by Gasteiger charge is 2.16. The topological polar surface area (TPSA) is 43.2 Å². The van der Waals surface area contributed by atoms with E-state index in [4.69, 9.17) is 4.74 Å². The Labute approximate surface area is 164 Å². The summed E-state index contributed by atoms with van der Waals surface area (Å²) in [7, 11) is -0.515. The largest absolute Gasteiger partial charge is 0.360 e. The summed E-state index contributed by atoms with van der Waals surface area (Å²) in [6.45, 7) is 5.56. The van der Waals surface area contributed by atoms with E-state index < -0.39 is 10.0 Å². The molecule has 0 radical (unpaired) electrons. The van der Waals surface area contributed by atoms with Gasteiger partial charge in [-0.3, -0.25) is 4.90 Å². The van der Waals surface area contributed by atoms with Gasteiger partial charge in [-0.05, 0) is 57.1 Å². The molecule has 0 N–H and O–H groups in total. The van der Waals surface area contributed by atoms with Gasteiger partial charge in [0.05, 0.1) is 19.3 Å². The van der Waals surface area contributed by atoms with Crippen LogP contribution in [0.4, 0.5) is 0 Å². The minimum atomic E-state index is -0.515. The van der Waals surface area contributed by atoms with Crippen LogP contribution in [0.3, 0.4) is 0 Å². The molecule has 2 aromatic rings. The minimum Gasteiger partial charge on any atom is -0.360 e. The highest BCUT2D eigenvalue weighted by atomic mass is 32.3. The molecule has 0 saturated carbocycles. The lowest BCUT2D eigenvalue weighted by Crippen LogP contribution is -2.37. The number of hydrogen-bond donors (Lipinski definition) is 0. The number of rotatable bonds is 6. The van der Waals surface area contributed by atoms with E-state index in [1.807, 2.05) is 16.8 Å². The molecule has 2 aromatic heterocycles. The Morgan fingerprint density at radius 2 is 2.15 bits per heavy atom. The van der Waals surface area contributed by atoms with E-state index >= 15 is 0 Å². The number of aromatic nitrogens is 3. The molecule has 1 aliphatic rings. The Hall–Kier alpha value is -1.55. The van der Waals surface area contributed by atoms with E-state index in [-0.39, 0.29) is 0 Å². The molecule has 0 aromatic carbocycles. The zero-order chi connectivity index (χ0) is 19.3. The second-order valence-electron chi connectivity index (χ2n) is 8.20. The Morgan fingerprint density at radius 1 is 1.30 bits per heavy atom. The van der Waals surface area contributed by atoms with Gasteiger partial charge in [0.15, 0.2) is 5.65 Å². The zero-order valence-corrected chi connectivity index (χ0v) is 17.9. The van der Waals surface area contributed by atoms with Gasteiger partial charge in [-0.1, -0.05) is 12.3 Å². The molecule has 1 fully saturated rings. The molecule has 1 aliphatic heterocycles. The molecule has 0 aliphatic carbocycles. The number of hydrogen-bond acceptors (Lipinski definition) is 4. The maximum absolute atomic E-state index is 5.82. The van der Waals surface area contributed by atoms with Crippen LogP contribution in [0.5, 0.6) is 0 Å². The Balaban J connectivity index is 1.58. The van der Waals surface area contributed by atoms with E-state index in [1.165, 1.54) is 19.3 Å². The van der Waals surface area contributed by atoms with E-state index in [2.05, 4.69) is 52.4 Å². The maximum Gasteiger partial charge on any atom is 0.160 e. The highest BCUT2D eigenvalue weighted by molar-refractivity contribution is 8.32. The van der Waals surface area contributed by atoms with E-state index in [0.717, 1.165) is 42.3 Å². The number of piperidine rings is 1. The molecule has 0 bridgehead atoms. The number of likely N-dealkylation sites (tertiary alicyclic amines) is 1. The van der Waals surface area contributed by atoms with Crippen molar-refractivity contribution in [2.24, 2.45) is 0 Å². The first-order valence-corrected chi connectivity index (χ1v) is 12.7. The van der Waals surface area contributed by atoms with Gasteiger partial charge in [0.2, 0.25) is 0 Å². The smallest absolute Gasteiger partial charge is 0.160 e. The summed E-state index contributed by atoms with van der Waals surface area (Å²) in [5.41, 5.74) is 2.47. The fourth-order valence-corrected chi connectivity index (χ4v) is 3.84. The molecule has 3 rings (SSSR count). The normalized spacial score (nSPS) is 19.0. The summed E-state index contributed by atoms with van der Waals surface area (Å²) in [4.78, 5) is 11.7. The van der Waals surface area contributed by atoms with Crippen molar-refractivity contribution in [1.82, 2.24) is 19.4 Å². The van der Waals surface area contributed by atoms with Gasteiger partial charge in [-0.2, -0.15) is 0 Å². The first kappa shape index (κ1) is 20.2. The van der Waals surface area contributed by atoms with E-state index in [9.17, 15) is 0 Å². The van der Waals surface area contributed by atoms with Crippen molar-refractivity contribution in [3.05, 3.63) is 24.2 Å². The summed E-state index contributed by atoms with van der Waals surface area (Å²) >= 11 is 0. The van der Waals surface area contributed by atoms with Crippen LogP contribution in [0.1, 0.15) is 31.9 Å². The molecule has 3 heterocycles. The van der Waals surface area contributed by atoms with Crippen molar-refractivity contribution >= 4 is 21.2 Å². The second-order valence-corrected chi connectivity index (χ2v) is 12.8. The Kier molecular flexibility index (Phi) is 6.80. The third-order valence-corrected chi connectivity index (χ3v) is 6.36. The van der Waals surface area contributed by atoms with Gasteiger partial charge in [-0.25, -0.2) is 20.0 Å². The van der Waals surface area contributed by atoms with Gasteiger partial charge in [-0.15, -0.1) is 0 Å². The summed E-state index contributed by atoms with van der Waals surface area (Å²) in [5, 5.41) is 0. The summed E-state index contributed by atoms with van der Waals surface area (Å²) in [6, 6.07) is 2.62. The molecule has 6 heteroatoms. The van der Waals surface area contributed by atoms with Crippen molar-refractivity contribution in [2.45, 2.75) is 39.0 Å². The van der Waals surface area contributed by atoms with Crippen LogP contribution in [-0.4, -0.2) is 69.7 Å². The molecule has 0 amide bonds. The van der Waals surface area contributed by atoms with E-state index in [0.29, 0.717) is 12.8 Å². The number of ether oxygens (including phenoxy) is 1. The van der Waals surface area contributed by atoms with Crippen LogP contribution in [0.15, 0.2) is 18.5 Å². The van der Waals surface area contributed by atoms with Gasteiger partial charge >= 0.3 is 0 Å². The quantitative estimate of drug-likeness (QED) is 0.562. The van der Waals surface area contributed by atoms with Crippen molar-refractivity contribution < 1.29 is 4.74 Å². The predicted molar refractivity (Wildman–Crippen MR) is 115 cm³/mol. The predicted octanol–water partition coefficient (Wildman–Crippen LogP) is 3.33.